The van der Waals surface area contributed by atoms with Crippen molar-refractivity contribution in [3.63, 3.8) is 0 Å². The van der Waals surface area contributed by atoms with Gasteiger partial charge in [0.1, 0.15) is 16.4 Å². The van der Waals surface area contributed by atoms with Gasteiger partial charge in [-0.25, -0.2) is 8.42 Å². The van der Waals surface area contributed by atoms with Crippen molar-refractivity contribution in [1.82, 2.24) is 4.57 Å². The smallest absolute Gasteiger partial charge is 0.270 e. The molecule has 0 aliphatic heterocycles. The summed E-state index contributed by atoms with van der Waals surface area (Å²) in [6.07, 6.45) is 3.19. The van der Waals surface area contributed by atoms with Crippen molar-refractivity contribution in [3.8, 4) is 5.75 Å². The van der Waals surface area contributed by atoms with Crippen molar-refractivity contribution in [2.75, 3.05) is 17.3 Å². The van der Waals surface area contributed by atoms with Crippen LogP contribution in [0, 0.1) is 24.0 Å². The van der Waals surface area contributed by atoms with Crippen LogP contribution in [-0.4, -0.2) is 31.2 Å². The minimum atomic E-state index is -4.20. The highest BCUT2D eigenvalue weighted by Gasteiger charge is 2.23. The Labute approximate surface area is 213 Å². The van der Waals surface area contributed by atoms with Crippen molar-refractivity contribution >= 4 is 33.3 Å². The van der Waals surface area contributed by atoms with Crippen molar-refractivity contribution < 1.29 is 22.5 Å². The number of benzene rings is 2. The minimum Gasteiger partial charge on any atom is -0.497 e. The summed E-state index contributed by atoms with van der Waals surface area (Å²) < 4.78 is 41.4. The Balaban J connectivity index is 1.60. The van der Waals surface area contributed by atoms with Gasteiger partial charge in [0.05, 0.1) is 36.7 Å². The summed E-state index contributed by atoms with van der Waals surface area (Å²) in [4.78, 5) is 10.3. The minimum absolute atomic E-state index is 0.0762. The normalized spacial score (nSPS) is 11.5. The van der Waals surface area contributed by atoms with E-state index >= 15 is 0 Å². The number of aryl methyl sites for hydroxylation is 1. The zero-order valence-corrected chi connectivity index (χ0v) is 21.2. The average molecular weight is 524 g/mol. The number of hydrazone groups is 1. The topological polar surface area (TPSA) is 141 Å². The van der Waals surface area contributed by atoms with Crippen LogP contribution in [0.5, 0.6) is 5.75 Å². The van der Waals surface area contributed by atoms with Crippen LogP contribution in [0.25, 0.3) is 0 Å². The van der Waals surface area contributed by atoms with Crippen molar-refractivity contribution in [2.24, 2.45) is 5.10 Å². The Morgan fingerprint density at radius 1 is 1.14 bits per heavy atom. The number of anilines is 2. The first-order valence-corrected chi connectivity index (χ1v) is 12.6. The van der Waals surface area contributed by atoms with E-state index in [1.165, 1.54) is 31.4 Å². The zero-order chi connectivity index (χ0) is 26.6. The fourth-order valence-corrected chi connectivity index (χ4v) is 4.98. The number of nitro groups is 1. The van der Waals surface area contributed by atoms with E-state index in [0.29, 0.717) is 12.3 Å². The lowest BCUT2D eigenvalue weighted by atomic mass is 10.2. The van der Waals surface area contributed by atoms with Crippen LogP contribution in [0.4, 0.5) is 17.1 Å². The molecule has 0 saturated heterocycles. The number of hydrogen-bond donors (Lipinski definition) is 2. The molecule has 12 heteroatoms. The highest BCUT2D eigenvalue weighted by atomic mass is 32.2. The molecule has 0 radical (unpaired) electrons. The first-order chi connectivity index (χ1) is 17.7. The number of nitro benzene ring substituents is 1. The molecule has 37 heavy (non-hydrogen) atoms. The van der Waals surface area contributed by atoms with Gasteiger partial charge in [0.25, 0.3) is 15.7 Å². The van der Waals surface area contributed by atoms with Gasteiger partial charge in [0.2, 0.25) is 0 Å². The van der Waals surface area contributed by atoms with Crippen LogP contribution >= 0.6 is 0 Å². The second-order valence-corrected chi connectivity index (χ2v) is 9.78. The van der Waals surface area contributed by atoms with E-state index in [4.69, 9.17) is 9.15 Å². The van der Waals surface area contributed by atoms with Crippen LogP contribution < -0.4 is 14.9 Å². The number of furan rings is 1. The number of rotatable bonds is 10. The highest BCUT2D eigenvalue weighted by Crippen LogP contribution is 2.29. The van der Waals surface area contributed by atoms with E-state index in [2.05, 4.69) is 19.8 Å². The quantitative estimate of drug-likeness (QED) is 0.171. The fourth-order valence-electron chi connectivity index (χ4n) is 3.74. The molecule has 2 aromatic heterocycles. The van der Waals surface area contributed by atoms with Gasteiger partial charge in [-0.05, 0) is 62.4 Å². The third-order valence-corrected chi connectivity index (χ3v) is 7.12. The second-order valence-electron chi connectivity index (χ2n) is 8.13. The number of ether oxygens (including phenoxy) is 1. The molecule has 0 unspecified atom stereocenters. The van der Waals surface area contributed by atoms with Crippen molar-refractivity contribution in [3.05, 3.63) is 99.8 Å². The lowest BCUT2D eigenvalue weighted by Crippen LogP contribution is -2.15. The molecule has 2 N–H and O–H groups in total. The van der Waals surface area contributed by atoms with E-state index < -0.39 is 14.9 Å². The zero-order valence-electron chi connectivity index (χ0n) is 20.3. The molecule has 0 spiro atoms. The second kappa shape index (κ2) is 10.6. The van der Waals surface area contributed by atoms with Gasteiger partial charge in [-0.1, -0.05) is 0 Å². The van der Waals surface area contributed by atoms with Crippen molar-refractivity contribution in [1.29, 1.82) is 0 Å². The molecule has 11 nitrogen and oxygen atoms in total. The molecule has 0 aliphatic carbocycles. The summed E-state index contributed by atoms with van der Waals surface area (Å²) in [6, 6.07) is 15.4. The van der Waals surface area contributed by atoms with Gasteiger partial charge in [0.15, 0.2) is 0 Å². The number of methoxy groups -OCH3 is 1. The summed E-state index contributed by atoms with van der Waals surface area (Å²) in [5.74, 6) is 1.37. The van der Waals surface area contributed by atoms with Gasteiger partial charge < -0.3 is 13.7 Å². The van der Waals surface area contributed by atoms with Gasteiger partial charge in [-0.3, -0.25) is 20.3 Å². The Morgan fingerprint density at radius 3 is 2.54 bits per heavy atom. The van der Waals surface area contributed by atoms with E-state index in [0.717, 1.165) is 28.8 Å². The molecule has 2 aromatic carbocycles. The molecule has 192 valence electrons. The van der Waals surface area contributed by atoms with Crippen LogP contribution in [0.3, 0.4) is 0 Å². The third kappa shape index (κ3) is 5.81. The maximum Gasteiger partial charge on any atom is 0.270 e. The molecule has 2 heterocycles. The summed E-state index contributed by atoms with van der Waals surface area (Å²) in [7, 11) is -2.70. The molecular formula is C25H25N5O6S. The van der Waals surface area contributed by atoms with Gasteiger partial charge in [0, 0.05) is 34.8 Å². The van der Waals surface area contributed by atoms with Gasteiger partial charge >= 0.3 is 0 Å². The summed E-state index contributed by atoms with van der Waals surface area (Å²) in [5, 5.41) is 15.5. The maximum atomic E-state index is 13.2. The predicted octanol–water partition coefficient (Wildman–Crippen LogP) is 4.91. The molecule has 0 amide bonds. The van der Waals surface area contributed by atoms with E-state index in [1.807, 2.05) is 32.0 Å². The highest BCUT2D eigenvalue weighted by molar-refractivity contribution is 7.92. The van der Waals surface area contributed by atoms with Gasteiger partial charge in [-0.15, -0.1) is 0 Å². The lowest BCUT2D eigenvalue weighted by Gasteiger charge is -2.12. The monoisotopic (exact) mass is 523 g/mol. The van der Waals surface area contributed by atoms with Crippen LogP contribution in [0.2, 0.25) is 0 Å². The summed E-state index contributed by atoms with van der Waals surface area (Å²) in [6.45, 7) is 4.47. The van der Waals surface area contributed by atoms with Crippen LogP contribution in [-0.2, 0) is 16.6 Å². The summed E-state index contributed by atoms with van der Waals surface area (Å²) in [5.41, 5.74) is 5.45. The number of sulfonamides is 1. The fraction of sp³-hybridized carbons (Fsp3) is 0.160. The number of nitrogens with zero attached hydrogens (tertiary/aromatic N) is 3. The molecule has 0 fully saturated rings. The maximum absolute atomic E-state index is 13.2. The molecule has 0 atom stereocenters. The Kier molecular flexibility index (Phi) is 7.30. The first-order valence-electron chi connectivity index (χ1n) is 11.1. The van der Waals surface area contributed by atoms with Crippen LogP contribution in [0.15, 0.2) is 81.3 Å². The predicted molar refractivity (Wildman–Crippen MR) is 140 cm³/mol. The number of hydrogen-bond acceptors (Lipinski definition) is 8. The van der Waals surface area contributed by atoms with E-state index in [1.54, 1.807) is 24.6 Å². The molecule has 0 saturated carbocycles. The Bertz CT molecular complexity index is 1540. The third-order valence-electron chi connectivity index (χ3n) is 5.70. The lowest BCUT2D eigenvalue weighted by molar-refractivity contribution is -0.385. The number of aromatic nitrogens is 1. The van der Waals surface area contributed by atoms with Gasteiger partial charge in [-0.2, -0.15) is 5.10 Å². The van der Waals surface area contributed by atoms with Crippen LogP contribution in [0.1, 0.15) is 22.7 Å². The SMILES string of the molecule is COc1ccc(NS(=O)(=O)c2cc([N+](=O)[O-])ccc2N/N=C\c2cc(C)n(Cc3ccco3)c2C)cc1. The van der Waals surface area contributed by atoms with E-state index in [9.17, 15) is 18.5 Å². The number of non-ortho nitro benzene ring substituents is 1. The first kappa shape index (κ1) is 25.5. The number of nitrogens with one attached hydrogen (secondary N) is 2. The molecule has 4 aromatic rings. The standard InChI is InChI=1S/C25H25N5O6S/c1-17-13-19(18(2)29(17)16-23-5-4-12-36-23)15-26-27-24-11-8-21(30(31)32)14-25(24)37(33,34)28-20-6-9-22(35-3)10-7-20/h4-15,27-28H,16H2,1-3H3/b26-15-. The summed E-state index contributed by atoms with van der Waals surface area (Å²) >= 11 is 0. The molecule has 0 aliphatic rings. The van der Waals surface area contributed by atoms with Crippen molar-refractivity contribution in [2.45, 2.75) is 25.3 Å². The Hall–Kier alpha value is -4.58. The Morgan fingerprint density at radius 2 is 1.89 bits per heavy atom. The largest absolute Gasteiger partial charge is 0.497 e. The average Bonchev–Trinajstić information content (AvgIpc) is 3.48. The van der Waals surface area contributed by atoms with E-state index in [-0.39, 0.29) is 22.0 Å². The molecular weight excluding hydrogens is 498 g/mol. The molecule has 4 rings (SSSR count). The molecule has 0 bridgehead atoms.